The fourth-order valence-electron chi connectivity index (χ4n) is 2.27. The molecule has 3 nitrogen and oxygen atoms in total. The van der Waals surface area contributed by atoms with Gasteiger partial charge in [-0.3, -0.25) is 0 Å². The van der Waals surface area contributed by atoms with E-state index < -0.39 is 5.97 Å². The molecule has 3 saturated heterocycles. The second kappa shape index (κ2) is 4.60. The zero-order chi connectivity index (χ0) is 12.6. The summed E-state index contributed by atoms with van der Waals surface area (Å²) in [5.41, 5.74) is 1.31. The maximum atomic E-state index is 5.76. The van der Waals surface area contributed by atoms with E-state index >= 15 is 0 Å². The maximum Gasteiger partial charge on any atom is 0.283 e. The minimum Gasteiger partial charge on any atom is -0.327 e. The Hall–Kier alpha value is -0.420. The van der Waals surface area contributed by atoms with Gasteiger partial charge in [-0.2, -0.15) is 0 Å². The number of hydrogen-bond acceptors (Lipinski definition) is 3. The Kier molecular flexibility index (Phi) is 3.22. The molecule has 1 aromatic carbocycles. The van der Waals surface area contributed by atoms with E-state index in [1.54, 1.807) is 0 Å². The monoisotopic (exact) mass is 312 g/mol. The molecule has 0 amide bonds. The van der Waals surface area contributed by atoms with Crippen molar-refractivity contribution in [2.75, 3.05) is 19.8 Å². The van der Waals surface area contributed by atoms with Crippen LogP contribution in [0.2, 0.25) is 0 Å². The molecule has 98 valence electrons. The van der Waals surface area contributed by atoms with Gasteiger partial charge in [-0.15, -0.1) is 0 Å². The molecule has 4 rings (SSSR count). The summed E-state index contributed by atoms with van der Waals surface area (Å²) in [5.74, 6) is -0.801. The first kappa shape index (κ1) is 12.6. The number of ether oxygens (including phenoxy) is 3. The first-order valence-corrected chi connectivity index (χ1v) is 7.05. The van der Waals surface area contributed by atoms with E-state index in [0.29, 0.717) is 0 Å². The van der Waals surface area contributed by atoms with Crippen molar-refractivity contribution >= 4 is 15.9 Å². The predicted octanol–water partition coefficient (Wildman–Crippen LogP) is 3.12. The lowest BCUT2D eigenvalue weighted by Crippen LogP contribution is -2.59. The second-order valence-electron chi connectivity index (χ2n) is 5.49. The molecule has 0 unspecified atom stereocenters. The lowest BCUT2D eigenvalue weighted by Gasteiger charge is -2.50. The highest BCUT2D eigenvalue weighted by atomic mass is 79.9. The summed E-state index contributed by atoms with van der Waals surface area (Å²) < 4.78 is 18.4. The van der Waals surface area contributed by atoms with Gasteiger partial charge in [0.05, 0.1) is 19.8 Å². The quantitative estimate of drug-likeness (QED) is 0.858. The minimum atomic E-state index is -0.801. The van der Waals surface area contributed by atoms with Crippen molar-refractivity contribution in [2.24, 2.45) is 5.41 Å². The van der Waals surface area contributed by atoms with Crippen molar-refractivity contribution in [1.29, 1.82) is 0 Å². The topological polar surface area (TPSA) is 27.7 Å². The van der Waals surface area contributed by atoms with Crippen LogP contribution < -0.4 is 0 Å². The Morgan fingerprint density at radius 1 is 1.06 bits per heavy atom. The summed E-state index contributed by atoms with van der Waals surface area (Å²) in [6, 6.07) is 8.32. The molecule has 0 spiro atoms. The van der Waals surface area contributed by atoms with Gasteiger partial charge in [-0.25, -0.2) is 0 Å². The van der Waals surface area contributed by atoms with Gasteiger partial charge in [0.1, 0.15) is 0 Å². The smallest absolute Gasteiger partial charge is 0.283 e. The summed E-state index contributed by atoms with van der Waals surface area (Å²) in [6.07, 6.45) is 1.63. The van der Waals surface area contributed by atoms with Gasteiger partial charge in [0.2, 0.25) is 0 Å². The summed E-state index contributed by atoms with van der Waals surface area (Å²) in [4.78, 5) is 0. The minimum absolute atomic E-state index is 0.0410. The van der Waals surface area contributed by atoms with Crippen LogP contribution in [0.15, 0.2) is 28.7 Å². The molecule has 0 N–H and O–H groups in total. The van der Waals surface area contributed by atoms with E-state index in [9.17, 15) is 0 Å². The van der Waals surface area contributed by atoms with Crippen LogP contribution in [-0.2, 0) is 20.6 Å². The highest BCUT2D eigenvalue weighted by Gasteiger charge is 2.49. The third-order valence-corrected chi connectivity index (χ3v) is 4.08. The number of hydrogen-bond donors (Lipinski definition) is 0. The lowest BCUT2D eigenvalue weighted by atomic mass is 9.91. The molecule has 3 aliphatic rings. The van der Waals surface area contributed by atoms with Gasteiger partial charge < -0.3 is 14.2 Å². The summed E-state index contributed by atoms with van der Waals surface area (Å²) in [5, 5.41) is 0. The van der Waals surface area contributed by atoms with Gasteiger partial charge in [-0.05, 0) is 24.1 Å². The summed E-state index contributed by atoms with van der Waals surface area (Å²) in [6.45, 7) is 4.32. The first-order valence-electron chi connectivity index (χ1n) is 6.26. The third-order valence-electron chi connectivity index (χ3n) is 3.55. The Morgan fingerprint density at radius 3 is 2.17 bits per heavy atom. The second-order valence-corrected chi connectivity index (χ2v) is 6.40. The van der Waals surface area contributed by atoms with Crippen LogP contribution >= 0.6 is 15.9 Å². The Balaban J connectivity index is 1.62. The normalized spacial score (nSPS) is 34.8. The van der Waals surface area contributed by atoms with Crippen molar-refractivity contribution in [2.45, 2.75) is 25.7 Å². The maximum absolute atomic E-state index is 5.76. The van der Waals surface area contributed by atoms with Crippen LogP contribution in [0.5, 0.6) is 0 Å². The van der Waals surface area contributed by atoms with Crippen LogP contribution in [0.4, 0.5) is 0 Å². The molecule has 1 aromatic rings. The van der Waals surface area contributed by atoms with E-state index in [4.69, 9.17) is 14.2 Å². The Morgan fingerprint density at radius 2 is 1.61 bits per heavy atom. The van der Waals surface area contributed by atoms with Crippen LogP contribution in [-0.4, -0.2) is 25.8 Å². The molecule has 0 aromatic heterocycles. The molecule has 2 bridgehead atoms. The average molecular weight is 313 g/mol. The molecule has 4 heteroatoms. The summed E-state index contributed by atoms with van der Waals surface area (Å²) >= 11 is 3.44. The standard InChI is InChI=1S/C14H17BrO3/c1-13-8-16-14(17-9-13,18-10-13)7-6-11-2-4-12(15)5-3-11/h2-5H,6-10H2,1H3. The van der Waals surface area contributed by atoms with Crippen LogP contribution in [0.25, 0.3) is 0 Å². The first-order chi connectivity index (χ1) is 8.59. The number of rotatable bonds is 3. The molecule has 0 aliphatic carbocycles. The van der Waals surface area contributed by atoms with Gasteiger partial charge in [-0.1, -0.05) is 35.0 Å². The molecule has 3 fully saturated rings. The molecule has 0 saturated carbocycles. The molecule has 18 heavy (non-hydrogen) atoms. The van der Waals surface area contributed by atoms with Crippen molar-refractivity contribution in [3.05, 3.63) is 34.3 Å². The Bertz CT molecular complexity index is 405. The zero-order valence-electron chi connectivity index (χ0n) is 10.4. The average Bonchev–Trinajstić information content (AvgIpc) is 2.40. The van der Waals surface area contributed by atoms with E-state index in [1.165, 1.54) is 5.56 Å². The SMILES string of the molecule is CC12COC(CCc3ccc(Br)cc3)(OC1)OC2. The largest absolute Gasteiger partial charge is 0.327 e. The predicted molar refractivity (Wildman–Crippen MR) is 71.2 cm³/mol. The summed E-state index contributed by atoms with van der Waals surface area (Å²) in [7, 11) is 0. The molecular formula is C14H17BrO3. The van der Waals surface area contributed by atoms with E-state index in [2.05, 4.69) is 35.0 Å². The van der Waals surface area contributed by atoms with Crippen molar-refractivity contribution in [3.63, 3.8) is 0 Å². The van der Waals surface area contributed by atoms with Gasteiger partial charge in [0, 0.05) is 16.3 Å². The van der Waals surface area contributed by atoms with Crippen LogP contribution in [0.1, 0.15) is 18.9 Å². The van der Waals surface area contributed by atoms with Crippen LogP contribution in [0, 0.1) is 5.41 Å². The van der Waals surface area contributed by atoms with Crippen molar-refractivity contribution < 1.29 is 14.2 Å². The third kappa shape index (κ3) is 2.48. The van der Waals surface area contributed by atoms with Crippen LogP contribution in [0.3, 0.4) is 0 Å². The fraction of sp³-hybridized carbons (Fsp3) is 0.571. The molecular weight excluding hydrogens is 296 g/mol. The molecule has 0 radical (unpaired) electrons. The fourth-order valence-corrected chi connectivity index (χ4v) is 2.53. The highest BCUT2D eigenvalue weighted by molar-refractivity contribution is 9.10. The number of halogens is 1. The highest BCUT2D eigenvalue weighted by Crippen LogP contribution is 2.40. The van der Waals surface area contributed by atoms with E-state index in [1.807, 2.05) is 12.1 Å². The molecule has 3 heterocycles. The van der Waals surface area contributed by atoms with Crippen molar-refractivity contribution in [3.8, 4) is 0 Å². The number of aryl methyl sites for hydroxylation is 1. The zero-order valence-corrected chi connectivity index (χ0v) is 12.0. The number of benzene rings is 1. The lowest BCUT2D eigenvalue weighted by molar-refractivity contribution is -0.467. The Labute approximate surface area is 116 Å². The molecule has 3 aliphatic heterocycles. The van der Waals surface area contributed by atoms with Crippen molar-refractivity contribution in [1.82, 2.24) is 0 Å². The van der Waals surface area contributed by atoms with E-state index in [0.717, 1.165) is 37.1 Å². The number of fused-ring (bicyclic) bond motifs is 3. The van der Waals surface area contributed by atoms with Gasteiger partial charge in [0.15, 0.2) is 0 Å². The van der Waals surface area contributed by atoms with E-state index in [-0.39, 0.29) is 5.41 Å². The molecule has 0 atom stereocenters. The van der Waals surface area contributed by atoms with Gasteiger partial charge in [0.25, 0.3) is 5.97 Å². The van der Waals surface area contributed by atoms with Gasteiger partial charge >= 0.3 is 0 Å².